The highest BCUT2D eigenvalue weighted by Crippen LogP contribution is 2.18. The molecule has 0 saturated heterocycles. The highest BCUT2D eigenvalue weighted by molar-refractivity contribution is 6.29. The lowest BCUT2D eigenvalue weighted by molar-refractivity contribution is -0.168. The Morgan fingerprint density at radius 3 is 2.75 bits per heavy atom. The van der Waals surface area contributed by atoms with E-state index in [1.54, 1.807) is 13.2 Å². The predicted molar refractivity (Wildman–Crippen MR) is 93.6 cm³/mol. The number of ether oxygens (including phenoxy) is 2. The van der Waals surface area contributed by atoms with Crippen molar-refractivity contribution < 1.29 is 33.8 Å². The van der Waals surface area contributed by atoms with Crippen LogP contribution in [-0.2, 0) is 33.7 Å². The van der Waals surface area contributed by atoms with Gasteiger partial charge in [0.15, 0.2) is 0 Å². The highest BCUT2D eigenvalue weighted by Gasteiger charge is 2.27. The van der Waals surface area contributed by atoms with Crippen LogP contribution in [0.25, 0.3) is 0 Å². The standard InChI is InChI=1S/C18H19N3O7/c1-26-15-5-3-2-4-12(15)7-9-27-16(22)17(23)28-21-11-19-13-10-20(18(24)25)8-6-14(13)21/h2-5,11H,6-10H2,1H3,(H,24,25). The molecule has 1 aliphatic heterocycles. The quantitative estimate of drug-likeness (QED) is 0.585. The van der Waals surface area contributed by atoms with E-state index in [0.717, 1.165) is 10.3 Å². The van der Waals surface area contributed by atoms with E-state index in [1.807, 2.05) is 18.2 Å². The summed E-state index contributed by atoms with van der Waals surface area (Å²) in [4.78, 5) is 45.1. The Balaban J connectivity index is 1.53. The van der Waals surface area contributed by atoms with Crippen LogP contribution < -0.4 is 9.57 Å². The van der Waals surface area contributed by atoms with E-state index < -0.39 is 18.0 Å². The Kier molecular flexibility index (Phi) is 5.78. The molecule has 0 bridgehead atoms. The lowest BCUT2D eigenvalue weighted by Gasteiger charge is -2.23. The molecule has 28 heavy (non-hydrogen) atoms. The Morgan fingerprint density at radius 1 is 1.21 bits per heavy atom. The number of amides is 1. The first kappa shape index (κ1) is 19.2. The second kappa shape index (κ2) is 8.42. The summed E-state index contributed by atoms with van der Waals surface area (Å²) in [6.07, 6.45) is 0.887. The van der Waals surface area contributed by atoms with Crippen LogP contribution in [-0.4, -0.2) is 58.0 Å². The van der Waals surface area contributed by atoms with Gasteiger partial charge in [-0.1, -0.05) is 18.2 Å². The van der Waals surface area contributed by atoms with Gasteiger partial charge in [-0.2, -0.15) is 4.73 Å². The number of para-hydroxylation sites is 1. The summed E-state index contributed by atoms with van der Waals surface area (Å²) in [6, 6.07) is 7.29. The van der Waals surface area contributed by atoms with E-state index in [2.05, 4.69) is 4.98 Å². The van der Waals surface area contributed by atoms with Crippen molar-refractivity contribution in [2.24, 2.45) is 0 Å². The fourth-order valence-electron chi connectivity index (χ4n) is 2.87. The first-order valence-corrected chi connectivity index (χ1v) is 8.54. The zero-order valence-electron chi connectivity index (χ0n) is 15.2. The van der Waals surface area contributed by atoms with Gasteiger partial charge in [0.1, 0.15) is 12.1 Å². The molecule has 0 spiro atoms. The molecular formula is C18H19N3O7. The Bertz CT molecular complexity index is 893. The van der Waals surface area contributed by atoms with Crippen molar-refractivity contribution in [3.05, 3.63) is 47.5 Å². The van der Waals surface area contributed by atoms with E-state index in [0.29, 0.717) is 30.0 Å². The van der Waals surface area contributed by atoms with Gasteiger partial charge in [0, 0.05) is 19.4 Å². The number of aromatic nitrogens is 2. The monoisotopic (exact) mass is 389 g/mol. The van der Waals surface area contributed by atoms with Gasteiger partial charge in [-0.05, 0) is 11.6 Å². The molecule has 2 heterocycles. The van der Waals surface area contributed by atoms with Crippen LogP contribution in [0.5, 0.6) is 5.75 Å². The summed E-state index contributed by atoms with van der Waals surface area (Å²) in [7, 11) is 1.55. The van der Waals surface area contributed by atoms with Crippen molar-refractivity contribution in [1.82, 2.24) is 14.6 Å². The minimum absolute atomic E-state index is 0.0100. The SMILES string of the molecule is COc1ccccc1CCOC(=O)C(=O)On1cnc2c1CCN(C(=O)O)C2. The number of carbonyl (C=O) groups is 3. The van der Waals surface area contributed by atoms with Crippen LogP contribution in [0.4, 0.5) is 4.79 Å². The summed E-state index contributed by atoms with van der Waals surface area (Å²) in [5.41, 5.74) is 1.87. The van der Waals surface area contributed by atoms with Crippen molar-refractivity contribution >= 4 is 18.0 Å². The number of methoxy groups -OCH3 is 1. The van der Waals surface area contributed by atoms with Crippen LogP contribution in [0.1, 0.15) is 17.0 Å². The number of hydrogen-bond acceptors (Lipinski definition) is 7. The Hall–Kier alpha value is -3.56. The number of esters is 1. The topological polar surface area (TPSA) is 120 Å². The molecule has 0 saturated carbocycles. The summed E-state index contributed by atoms with van der Waals surface area (Å²) in [5.74, 6) is -1.64. The predicted octanol–water partition coefficient (Wildman–Crippen LogP) is 0.669. The molecule has 2 aromatic rings. The largest absolute Gasteiger partial charge is 0.496 e. The van der Waals surface area contributed by atoms with Crippen LogP contribution in [0, 0.1) is 0 Å². The van der Waals surface area contributed by atoms with Crippen molar-refractivity contribution in [1.29, 1.82) is 0 Å². The second-order valence-corrected chi connectivity index (χ2v) is 5.99. The average molecular weight is 389 g/mol. The van der Waals surface area contributed by atoms with Crippen LogP contribution in [0.15, 0.2) is 30.6 Å². The van der Waals surface area contributed by atoms with Crippen molar-refractivity contribution in [3.63, 3.8) is 0 Å². The molecule has 0 fully saturated rings. The molecule has 0 radical (unpaired) electrons. The van der Waals surface area contributed by atoms with E-state index >= 15 is 0 Å². The van der Waals surface area contributed by atoms with E-state index in [4.69, 9.17) is 19.4 Å². The molecule has 1 aromatic carbocycles. The first-order chi connectivity index (χ1) is 13.5. The number of rotatable bonds is 5. The molecule has 1 amide bonds. The van der Waals surface area contributed by atoms with Gasteiger partial charge in [0.25, 0.3) is 0 Å². The van der Waals surface area contributed by atoms with Gasteiger partial charge in [-0.25, -0.2) is 19.4 Å². The zero-order valence-corrected chi connectivity index (χ0v) is 15.2. The third kappa shape index (κ3) is 4.22. The molecular weight excluding hydrogens is 370 g/mol. The summed E-state index contributed by atoms with van der Waals surface area (Å²) in [6.45, 7) is 0.331. The van der Waals surface area contributed by atoms with E-state index in [1.165, 1.54) is 11.2 Å². The van der Waals surface area contributed by atoms with Crippen LogP contribution >= 0.6 is 0 Å². The molecule has 10 heteroatoms. The minimum atomic E-state index is -1.18. The average Bonchev–Trinajstić information content (AvgIpc) is 3.10. The van der Waals surface area contributed by atoms with Crippen molar-refractivity contribution in [2.75, 3.05) is 20.3 Å². The number of hydrogen-bond donors (Lipinski definition) is 1. The summed E-state index contributed by atoms with van der Waals surface area (Å²) in [5, 5.41) is 9.02. The third-order valence-corrected chi connectivity index (χ3v) is 4.29. The van der Waals surface area contributed by atoms with Gasteiger partial charge in [0.05, 0.1) is 31.6 Å². The fraction of sp³-hybridized carbons (Fsp3) is 0.333. The molecule has 0 unspecified atom stereocenters. The maximum Gasteiger partial charge on any atom is 0.442 e. The van der Waals surface area contributed by atoms with Gasteiger partial charge in [-0.3, -0.25) is 0 Å². The van der Waals surface area contributed by atoms with Crippen LogP contribution in [0.3, 0.4) is 0 Å². The highest BCUT2D eigenvalue weighted by atomic mass is 16.7. The molecule has 1 aliphatic rings. The number of carboxylic acid groups (broad SMARTS) is 1. The van der Waals surface area contributed by atoms with Crippen molar-refractivity contribution in [2.45, 2.75) is 19.4 Å². The number of carbonyl (C=O) groups excluding carboxylic acids is 2. The summed E-state index contributed by atoms with van der Waals surface area (Å²) < 4.78 is 11.3. The second-order valence-electron chi connectivity index (χ2n) is 5.99. The van der Waals surface area contributed by atoms with Gasteiger partial charge in [0.2, 0.25) is 0 Å². The van der Waals surface area contributed by atoms with Gasteiger partial charge in [-0.15, -0.1) is 0 Å². The number of nitrogens with zero attached hydrogens (tertiary/aromatic N) is 3. The molecule has 3 rings (SSSR count). The molecule has 1 aromatic heterocycles. The molecule has 1 N–H and O–H groups in total. The minimum Gasteiger partial charge on any atom is -0.496 e. The lowest BCUT2D eigenvalue weighted by atomic mass is 10.1. The Morgan fingerprint density at radius 2 is 2.00 bits per heavy atom. The third-order valence-electron chi connectivity index (χ3n) is 4.29. The smallest absolute Gasteiger partial charge is 0.442 e. The molecule has 0 atom stereocenters. The number of fused-ring (bicyclic) bond motifs is 1. The maximum absolute atomic E-state index is 12.0. The number of imidazole rings is 1. The number of benzene rings is 1. The summed E-state index contributed by atoms with van der Waals surface area (Å²) >= 11 is 0. The molecule has 0 aliphatic carbocycles. The van der Waals surface area contributed by atoms with E-state index in [9.17, 15) is 14.4 Å². The molecule has 10 nitrogen and oxygen atoms in total. The van der Waals surface area contributed by atoms with Gasteiger partial charge >= 0.3 is 18.0 Å². The normalized spacial score (nSPS) is 12.8. The Labute approximate surface area is 160 Å². The van der Waals surface area contributed by atoms with Gasteiger partial charge < -0.3 is 24.3 Å². The lowest BCUT2D eigenvalue weighted by Crippen LogP contribution is -2.37. The zero-order chi connectivity index (χ0) is 20.1. The van der Waals surface area contributed by atoms with E-state index in [-0.39, 0.29) is 19.7 Å². The maximum atomic E-state index is 12.0. The van der Waals surface area contributed by atoms with Crippen molar-refractivity contribution in [3.8, 4) is 5.75 Å². The van der Waals surface area contributed by atoms with Crippen LogP contribution in [0.2, 0.25) is 0 Å². The fourth-order valence-corrected chi connectivity index (χ4v) is 2.87. The molecule has 148 valence electrons. The first-order valence-electron chi connectivity index (χ1n) is 8.54.